The van der Waals surface area contributed by atoms with Crippen molar-refractivity contribution in [3.8, 4) is 0 Å². The number of nitro benzene ring substituents is 1. The Balaban J connectivity index is 2.15. The average molecular weight is 341 g/mol. The highest BCUT2D eigenvalue weighted by Crippen LogP contribution is 2.22. The summed E-state index contributed by atoms with van der Waals surface area (Å²) in [5.41, 5.74) is 4.21. The van der Waals surface area contributed by atoms with Crippen LogP contribution in [0.4, 0.5) is 5.69 Å². The molecule has 25 heavy (non-hydrogen) atoms. The highest BCUT2D eigenvalue weighted by molar-refractivity contribution is 6.02. The van der Waals surface area contributed by atoms with Crippen LogP contribution in [-0.4, -0.2) is 23.3 Å². The van der Waals surface area contributed by atoms with Gasteiger partial charge in [-0.1, -0.05) is 12.1 Å². The second kappa shape index (κ2) is 7.25. The zero-order valence-electron chi connectivity index (χ0n) is 14.6. The normalized spacial score (nSPS) is 10.4. The van der Waals surface area contributed by atoms with Gasteiger partial charge in [0, 0.05) is 17.7 Å². The molecular weight excluding hydrogens is 322 g/mol. The molecule has 2 aromatic rings. The third kappa shape index (κ3) is 3.91. The lowest BCUT2D eigenvalue weighted by molar-refractivity contribution is -0.384. The van der Waals surface area contributed by atoms with Crippen molar-refractivity contribution in [2.45, 2.75) is 27.7 Å². The topological polar surface area (TPSA) is 86.5 Å². The number of carbonyl (C=O) groups excluding carboxylic acids is 2. The van der Waals surface area contributed by atoms with Gasteiger partial charge in [-0.25, -0.2) is 4.79 Å². The predicted octanol–water partition coefficient (Wildman–Crippen LogP) is 3.87. The number of carbonyl (C=O) groups is 2. The van der Waals surface area contributed by atoms with Crippen LogP contribution >= 0.6 is 0 Å². The van der Waals surface area contributed by atoms with Crippen molar-refractivity contribution in [2.24, 2.45) is 0 Å². The fourth-order valence-corrected chi connectivity index (χ4v) is 2.75. The Morgan fingerprint density at radius 3 is 2.36 bits per heavy atom. The number of non-ortho nitro benzene ring substituents is 1. The van der Waals surface area contributed by atoms with E-state index in [1.807, 2.05) is 33.8 Å². The maximum Gasteiger partial charge on any atom is 0.338 e. The van der Waals surface area contributed by atoms with Crippen molar-refractivity contribution in [3.63, 3.8) is 0 Å². The number of rotatable bonds is 5. The van der Waals surface area contributed by atoms with Crippen molar-refractivity contribution < 1.29 is 19.2 Å². The van der Waals surface area contributed by atoms with Gasteiger partial charge in [-0.05, 0) is 56.0 Å². The molecular formula is C19H19NO5. The Morgan fingerprint density at radius 1 is 1.04 bits per heavy atom. The van der Waals surface area contributed by atoms with Crippen LogP contribution in [0.2, 0.25) is 0 Å². The summed E-state index contributed by atoms with van der Waals surface area (Å²) in [5.74, 6) is -1.06. The molecule has 0 saturated carbocycles. The number of ketones is 1. The smallest absolute Gasteiger partial charge is 0.338 e. The van der Waals surface area contributed by atoms with Gasteiger partial charge in [0.15, 0.2) is 6.61 Å². The van der Waals surface area contributed by atoms with Gasteiger partial charge in [0.05, 0.1) is 10.5 Å². The summed E-state index contributed by atoms with van der Waals surface area (Å²) >= 11 is 0. The van der Waals surface area contributed by atoms with E-state index in [1.165, 1.54) is 18.2 Å². The molecule has 0 heterocycles. The van der Waals surface area contributed by atoms with Crippen LogP contribution < -0.4 is 0 Å². The summed E-state index contributed by atoms with van der Waals surface area (Å²) in [6.07, 6.45) is 0. The van der Waals surface area contributed by atoms with Crippen LogP contribution in [-0.2, 0) is 4.74 Å². The van der Waals surface area contributed by atoms with Gasteiger partial charge >= 0.3 is 5.97 Å². The Bertz CT molecular complexity index is 870. The van der Waals surface area contributed by atoms with Gasteiger partial charge in [0.2, 0.25) is 5.78 Å². The van der Waals surface area contributed by atoms with Gasteiger partial charge < -0.3 is 4.74 Å². The van der Waals surface area contributed by atoms with Crippen molar-refractivity contribution in [3.05, 3.63) is 73.8 Å². The fraction of sp³-hybridized carbons (Fsp3) is 0.263. The SMILES string of the molecule is Cc1cc(C)c(C(=O)COC(=O)c2cccc([N+](=O)[O-])c2)c(C)c1C. The van der Waals surface area contributed by atoms with Crippen molar-refractivity contribution >= 4 is 17.4 Å². The average Bonchev–Trinajstić information content (AvgIpc) is 2.57. The number of nitrogens with zero attached hydrogens (tertiary/aromatic N) is 1. The molecule has 0 spiro atoms. The molecule has 0 unspecified atom stereocenters. The summed E-state index contributed by atoms with van der Waals surface area (Å²) in [7, 11) is 0. The van der Waals surface area contributed by atoms with Crippen molar-refractivity contribution in [1.82, 2.24) is 0 Å². The first-order valence-electron chi connectivity index (χ1n) is 7.74. The van der Waals surface area contributed by atoms with E-state index in [1.54, 1.807) is 0 Å². The zero-order valence-corrected chi connectivity index (χ0v) is 14.6. The molecule has 0 N–H and O–H groups in total. The molecule has 0 amide bonds. The minimum atomic E-state index is -0.767. The molecule has 130 valence electrons. The van der Waals surface area contributed by atoms with Crippen LogP contribution in [0.25, 0.3) is 0 Å². The number of esters is 1. The van der Waals surface area contributed by atoms with E-state index in [9.17, 15) is 19.7 Å². The summed E-state index contributed by atoms with van der Waals surface area (Å²) in [4.78, 5) is 34.7. The number of hydrogen-bond acceptors (Lipinski definition) is 5. The van der Waals surface area contributed by atoms with Gasteiger partial charge in [-0.15, -0.1) is 0 Å². The molecule has 0 bridgehead atoms. The van der Waals surface area contributed by atoms with Crippen LogP contribution in [0.3, 0.4) is 0 Å². The van der Waals surface area contributed by atoms with Crippen LogP contribution in [0.1, 0.15) is 43.0 Å². The number of Topliss-reactive ketones (excluding diaryl/α,β-unsaturated/α-hetero) is 1. The zero-order chi connectivity index (χ0) is 18.7. The van der Waals surface area contributed by atoms with Gasteiger partial charge in [-0.3, -0.25) is 14.9 Å². The molecule has 0 aliphatic carbocycles. The molecule has 0 aliphatic heterocycles. The van der Waals surface area contributed by atoms with Gasteiger partial charge in [0.25, 0.3) is 5.69 Å². The van der Waals surface area contributed by atoms with E-state index in [0.717, 1.165) is 28.3 Å². The monoisotopic (exact) mass is 341 g/mol. The highest BCUT2D eigenvalue weighted by Gasteiger charge is 2.18. The lowest BCUT2D eigenvalue weighted by Crippen LogP contribution is -2.17. The second-order valence-electron chi connectivity index (χ2n) is 5.94. The Kier molecular flexibility index (Phi) is 5.32. The highest BCUT2D eigenvalue weighted by atomic mass is 16.6. The molecule has 2 aromatic carbocycles. The second-order valence-corrected chi connectivity index (χ2v) is 5.94. The molecule has 0 saturated heterocycles. The Hall–Kier alpha value is -3.02. The molecule has 0 fully saturated rings. The lowest BCUT2D eigenvalue weighted by atomic mass is 9.92. The third-order valence-electron chi connectivity index (χ3n) is 4.26. The lowest BCUT2D eigenvalue weighted by Gasteiger charge is -2.14. The standard InChI is InChI=1S/C19H19NO5/c1-11-8-12(2)18(14(4)13(11)3)17(21)10-25-19(22)15-6-5-7-16(9-15)20(23)24/h5-9H,10H2,1-4H3. The molecule has 6 heteroatoms. The number of benzene rings is 2. The fourth-order valence-electron chi connectivity index (χ4n) is 2.75. The number of nitro groups is 1. The van der Waals surface area contributed by atoms with Crippen LogP contribution in [0.5, 0.6) is 0 Å². The molecule has 0 aliphatic rings. The molecule has 6 nitrogen and oxygen atoms in total. The predicted molar refractivity (Wildman–Crippen MR) is 93.1 cm³/mol. The minimum absolute atomic E-state index is 0.0375. The summed E-state index contributed by atoms with van der Waals surface area (Å²) < 4.78 is 5.05. The first-order valence-corrected chi connectivity index (χ1v) is 7.74. The first kappa shape index (κ1) is 18.3. The molecule has 2 rings (SSSR count). The van der Waals surface area contributed by atoms with E-state index < -0.39 is 17.5 Å². The maximum atomic E-state index is 12.5. The summed E-state index contributed by atoms with van der Waals surface area (Å²) in [6, 6.07) is 7.14. The summed E-state index contributed by atoms with van der Waals surface area (Å²) in [6.45, 7) is 7.22. The van der Waals surface area contributed by atoms with Gasteiger partial charge in [0.1, 0.15) is 0 Å². The first-order chi connectivity index (χ1) is 11.7. The number of aryl methyl sites for hydroxylation is 2. The Labute approximate surface area is 145 Å². The van der Waals surface area contributed by atoms with Crippen molar-refractivity contribution in [2.75, 3.05) is 6.61 Å². The molecule has 0 atom stereocenters. The minimum Gasteiger partial charge on any atom is -0.454 e. The van der Waals surface area contributed by atoms with E-state index in [4.69, 9.17) is 4.74 Å². The van der Waals surface area contributed by atoms with Gasteiger partial charge in [-0.2, -0.15) is 0 Å². The number of ether oxygens (including phenoxy) is 1. The third-order valence-corrected chi connectivity index (χ3v) is 4.26. The number of hydrogen-bond donors (Lipinski definition) is 0. The molecule has 0 radical (unpaired) electrons. The largest absolute Gasteiger partial charge is 0.454 e. The van der Waals surface area contributed by atoms with Crippen LogP contribution in [0, 0.1) is 37.8 Å². The molecule has 0 aromatic heterocycles. The Morgan fingerprint density at radius 2 is 1.72 bits per heavy atom. The quantitative estimate of drug-likeness (QED) is 0.357. The van der Waals surface area contributed by atoms with Crippen molar-refractivity contribution in [1.29, 1.82) is 0 Å². The summed E-state index contributed by atoms with van der Waals surface area (Å²) in [5, 5.41) is 10.8. The van der Waals surface area contributed by atoms with E-state index in [-0.39, 0.29) is 17.0 Å². The van der Waals surface area contributed by atoms with E-state index >= 15 is 0 Å². The van der Waals surface area contributed by atoms with E-state index in [0.29, 0.717) is 5.56 Å². The van der Waals surface area contributed by atoms with E-state index in [2.05, 4.69) is 0 Å². The maximum absolute atomic E-state index is 12.5. The van der Waals surface area contributed by atoms with Crippen LogP contribution in [0.15, 0.2) is 30.3 Å².